The summed E-state index contributed by atoms with van der Waals surface area (Å²) in [5, 5.41) is 5.08. The van der Waals surface area contributed by atoms with Crippen LogP contribution in [0, 0.1) is 5.41 Å². The van der Waals surface area contributed by atoms with Crippen molar-refractivity contribution < 1.29 is 0 Å². The van der Waals surface area contributed by atoms with Crippen molar-refractivity contribution in [2.24, 2.45) is 5.41 Å². The largest absolute Gasteiger partial charge is 0.389 e. The number of hydrogen-bond acceptors (Lipinski definition) is 4. The fourth-order valence-corrected chi connectivity index (χ4v) is 2.04. The van der Waals surface area contributed by atoms with Crippen LogP contribution in [0.25, 0.3) is 0 Å². The molecule has 4 heteroatoms. The molecule has 0 aromatic carbocycles. The van der Waals surface area contributed by atoms with E-state index in [1.165, 1.54) is 30.6 Å². The molecule has 1 aromatic heterocycles. The Morgan fingerprint density at radius 2 is 2.46 bits per heavy atom. The minimum absolute atomic E-state index is 0.570. The van der Waals surface area contributed by atoms with Crippen molar-refractivity contribution in [2.75, 3.05) is 17.6 Å². The molecular weight excluding hydrogens is 182 g/mol. The first-order valence-electron chi connectivity index (χ1n) is 4.69. The van der Waals surface area contributed by atoms with Gasteiger partial charge in [0, 0.05) is 6.54 Å². The van der Waals surface area contributed by atoms with Gasteiger partial charge in [-0.25, -0.2) is 4.98 Å². The molecule has 0 atom stereocenters. The number of nitrogen functional groups attached to an aromatic ring is 1. The van der Waals surface area contributed by atoms with Gasteiger partial charge in [-0.1, -0.05) is 18.3 Å². The number of thiazole rings is 1. The molecule has 13 heavy (non-hydrogen) atoms. The molecule has 3 N–H and O–H groups in total. The molecule has 1 saturated carbocycles. The number of hydrogen-bond donors (Lipinski definition) is 2. The van der Waals surface area contributed by atoms with Gasteiger partial charge in [-0.15, -0.1) is 0 Å². The van der Waals surface area contributed by atoms with Crippen LogP contribution in [0.15, 0.2) is 6.20 Å². The van der Waals surface area contributed by atoms with Gasteiger partial charge in [0.2, 0.25) is 0 Å². The number of nitrogens with one attached hydrogen (secondary N) is 1. The summed E-state index contributed by atoms with van der Waals surface area (Å²) in [4.78, 5) is 4.16. The summed E-state index contributed by atoms with van der Waals surface area (Å²) < 4.78 is 0. The quantitative estimate of drug-likeness (QED) is 0.779. The summed E-state index contributed by atoms with van der Waals surface area (Å²) in [6.07, 6.45) is 5.69. The Labute approximate surface area is 82.4 Å². The zero-order valence-electron chi connectivity index (χ0n) is 7.84. The molecule has 0 spiro atoms. The monoisotopic (exact) mass is 197 g/mol. The maximum atomic E-state index is 5.58. The van der Waals surface area contributed by atoms with Crippen LogP contribution < -0.4 is 11.1 Å². The maximum Gasteiger partial charge on any atom is 0.184 e. The van der Waals surface area contributed by atoms with Crippen LogP contribution in [0.2, 0.25) is 0 Å². The number of rotatable bonds is 4. The number of anilines is 2. The highest BCUT2D eigenvalue weighted by Crippen LogP contribution is 2.48. The van der Waals surface area contributed by atoms with Gasteiger partial charge >= 0.3 is 0 Å². The molecule has 0 amide bonds. The van der Waals surface area contributed by atoms with Crippen LogP contribution in [-0.4, -0.2) is 11.5 Å². The summed E-state index contributed by atoms with van der Waals surface area (Å²) in [6, 6.07) is 0. The minimum Gasteiger partial charge on any atom is -0.389 e. The molecule has 72 valence electrons. The van der Waals surface area contributed by atoms with Gasteiger partial charge in [-0.3, -0.25) is 0 Å². The number of nitrogens with zero attached hydrogens (tertiary/aromatic N) is 1. The van der Waals surface area contributed by atoms with Crippen molar-refractivity contribution in [1.82, 2.24) is 4.98 Å². The van der Waals surface area contributed by atoms with Crippen LogP contribution in [-0.2, 0) is 0 Å². The first-order chi connectivity index (χ1) is 6.24. The summed E-state index contributed by atoms with van der Waals surface area (Å²) in [5.41, 5.74) is 6.15. The molecule has 1 fully saturated rings. The van der Waals surface area contributed by atoms with Crippen LogP contribution in [0.3, 0.4) is 0 Å². The predicted molar refractivity (Wildman–Crippen MR) is 57.0 cm³/mol. The highest BCUT2D eigenvalue weighted by Gasteiger charge is 2.40. The smallest absolute Gasteiger partial charge is 0.184 e. The molecule has 0 unspecified atom stereocenters. The van der Waals surface area contributed by atoms with E-state index < -0.39 is 0 Å². The maximum absolute atomic E-state index is 5.58. The Morgan fingerprint density at radius 3 is 2.92 bits per heavy atom. The second-order valence-electron chi connectivity index (χ2n) is 3.77. The van der Waals surface area contributed by atoms with Crippen molar-refractivity contribution in [3.63, 3.8) is 0 Å². The predicted octanol–water partition coefficient (Wildman–Crippen LogP) is 2.33. The van der Waals surface area contributed by atoms with Crippen LogP contribution >= 0.6 is 11.3 Å². The van der Waals surface area contributed by atoms with E-state index in [2.05, 4.69) is 17.2 Å². The molecule has 0 radical (unpaired) electrons. The molecule has 1 aliphatic rings. The molecule has 3 nitrogen and oxygen atoms in total. The number of nitrogens with two attached hydrogens (primary N) is 1. The summed E-state index contributed by atoms with van der Waals surface area (Å²) in [6.45, 7) is 3.31. The third-order valence-electron chi connectivity index (χ3n) is 2.85. The van der Waals surface area contributed by atoms with Crippen molar-refractivity contribution in [3.8, 4) is 0 Å². The molecular formula is C9H15N3S. The minimum atomic E-state index is 0.570. The van der Waals surface area contributed by atoms with Crippen LogP contribution in [0.4, 0.5) is 10.1 Å². The summed E-state index contributed by atoms with van der Waals surface area (Å²) in [5.74, 6) is 0. The normalized spacial score (nSPS) is 18.5. The zero-order chi connectivity index (χ0) is 9.31. The van der Waals surface area contributed by atoms with Gasteiger partial charge in [0.05, 0.1) is 6.20 Å². The Balaban J connectivity index is 1.86. The molecule has 1 aliphatic carbocycles. The van der Waals surface area contributed by atoms with Crippen LogP contribution in [0.1, 0.15) is 26.2 Å². The Bertz CT molecular complexity index is 291. The van der Waals surface area contributed by atoms with Gasteiger partial charge in [0.15, 0.2) is 5.13 Å². The van der Waals surface area contributed by atoms with Crippen molar-refractivity contribution in [3.05, 3.63) is 6.20 Å². The Hall–Kier alpha value is -0.770. The topological polar surface area (TPSA) is 50.9 Å². The van der Waals surface area contributed by atoms with Gasteiger partial charge in [0.1, 0.15) is 5.00 Å². The average Bonchev–Trinajstić information content (AvgIpc) is 2.81. The summed E-state index contributed by atoms with van der Waals surface area (Å²) in [7, 11) is 0. The first-order valence-corrected chi connectivity index (χ1v) is 5.51. The molecule has 1 heterocycles. The lowest BCUT2D eigenvalue weighted by Gasteiger charge is -2.11. The van der Waals surface area contributed by atoms with E-state index in [1.54, 1.807) is 6.20 Å². The first kappa shape index (κ1) is 8.81. The van der Waals surface area contributed by atoms with E-state index in [-0.39, 0.29) is 0 Å². The lowest BCUT2D eigenvalue weighted by Crippen LogP contribution is -2.13. The standard InChI is InChI=1S/C9H15N3S/c1-2-9(3-4-9)6-12-8-11-5-7(10)13-8/h5H,2-4,6,10H2,1H3,(H,11,12). The van der Waals surface area contributed by atoms with E-state index in [4.69, 9.17) is 5.73 Å². The SMILES string of the molecule is CCC1(CNc2ncc(N)s2)CC1. The second kappa shape index (κ2) is 3.18. The molecule has 0 aliphatic heterocycles. The molecule has 0 saturated heterocycles. The lowest BCUT2D eigenvalue weighted by molar-refractivity contribution is 0.521. The van der Waals surface area contributed by atoms with Gasteiger partial charge in [0.25, 0.3) is 0 Å². The fraction of sp³-hybridized carbons (Fsp3) is 0.667. The Kier molecular flexibility index (Phi) is 2.15. The second-order valence-corrected chi connectivity index (χ2v) is 4.84. The highest BCUT2D eigenvalue weighted by atomic mass is 32.1. The molecule has 0 bridgehead atoms. The lowest BCUT2D eigenvalue weighted by atomic mass is 10.0. The van der Waals surface area contributed by atoms with Gasteiger partial charge < -0.3 is 11.1 Å². The van der Waals surface area contributed by atoms with Crippen molar-refractivity contribution >= 4 is 21.5 Å². The third-order valence-corrected chi connectivity index (χ3v) is 3.63. The van der Waals surface area contributed by atoms with E-state index in [9.17, 15) is 0 Å². The van der Waals surface area contributed by atoms with Gasteiger partial charge in [-0.2, -0.15) is 0 Å². The third kappa shape index (κ3) is 1.94. The van der Waals surface area contributed by atoms with E-state index in [0.717, 1.165) is 16.7 Å². The summed E-state index contributed by atoms with van der Waals surface area (Å²) >= 11 is 1.52. The molecule has 1 aromatic rings. The highest BCUT2D eigenvalue weighted by molar-refractivity contribution is 7.19. The van der Waals surface area contributed by atoms with E-state index >= 15 is 0 Å². The number of aromatic nitrogens is 1. The van der Waals surface area contributed by atoms with Crippen molar-refractivity contribution in [1.29, 1.82) is 0 Å². The van der Waals surface area contributed by atoms with Crippen LogP contribution in [0.5, 0.6) is 0 Å². The van der Waals surface area contributed by atoms with E-state index in [0.29, 0.717) is 5.41 Å². The average molecular weight is 197 g/mol. The molecule has 2 rings (SSSR count). The Morgan fingerprint density at radius 1 is 1.69 bits per heavy atom. The van der Waals surface area contributed by atoms with E-state index in [1.807, 2.05) is 0 Å². The zero-order valence-corrected chi connectivity index (χ0v) is 8.66. The fourth-order valence-electron chi connectivity index (χ4n) is 1.46. The van der Waals surface area contributed by atoms with Gasteiger partial charge in [-0.05, 0) is 24.7 Å². The van der Waals surface area contributed by atoms with Crippen molar-refractivity contribution in [2.45, 2.75) is 26.2 Å².